The Morgan fingerprint density at radius 2 is 2.00 bits per heavy atom. The van der Waals surface area contributed by atoms with Crippen molar-refractivity contribution in [2.45, 2.75) is 39.3 Å². The monoisotopic (exact) mass is 405 g/mol. The predicted octanol–water partition coefficient (Wildman–Crippen LogP) is 4.36. The lowest BCUT2D eigenvalue weighted by molar-refractivity contribution is 0.0682. The second-order valence-corrected chi connectivity index (χ2v) is 7.68. The number of aryl methyl sites for hydroxylation is 2. The molecule has 2 heterocycles. The highest BCUT2D eigenvalue weighted by atomic mass is 16.5. The smallest absolute Gasteiger partial charge is 0.255 e. The number of hydrogen-bond donors (Lipinski definition) is 1. The summed E-state index contributed by atoms with van der Waals surface area (Å²) in [4.78, 5) is 12.7. The molecule has 0 spiro atoms. The predicted molar refractivity (Wildman–Crippen MR) is 116 cm³/mol. The third-order valence-electron chi connectivity index (χ3n) is 5.24. The molecule has 1 unspecified atom stereocenters. The Kier molecular flexibility index (Phi) is 6.14. The van der Waals surface area contributed by atoms with Crippen molar-refractivity contribution in [1.29, 1.82) is 0 Å². The maximum absolute atomic E-state index is 12.7. The lowest BCUT2D eigenvalue weighted by Gasteiger charge is -2.15. The molecule has 1 aliphatic heterocycles. The van der Waals surface area contributed by atoms with Crippen LogP contribution in [0.4, 0.5) is 5.69 Å². The van der Waals surface area contributed by atoms with Gasteiger partial charge in [-0.05, 0) is 62.6 Å². The molecule has 6 heteroatoms. The van der Waals surface area contributed by atoms with Crippen LogP contribution in [0.25, 0.3) is 0 Å². The number of para-hydroxylation sites is 2. The standard InChI is InChI=1S/C24H27N3O3/c1-17-14-18(2)27(26-17)15-19-9-11-20(12-10-19)24(28)25-22-7-3-4-8-23(22)30-16-21-6-5-13-29-21/h3-4,7-12,14,21H,5-6,13,15-16H2,1-2H3,(H,25,28). The largest absolute Gasteiger partial charge is 0.489 e. The second-order valence-electron chi connectivity index (χ2n) is 7.68. The Morgan fingerprint density at radius 1 is 1.20 bits per heavy atom. The fourth-order valence-electron chi connectivity index (χ4n) is 3.62. The highest BCUT2D eigenvalue weighted by Gasteiger charge is 2.17. The topological polar surface area (TPSA) is 65.4 Å². The minimum Gasteiger partial charge on any atom is -0.489 e. The number of benzene rings is 2. The minimum atomic E-state index is -0.166. The molecule has 1 aliphatic rings. The van der Waals surface area contributed by atoms with Crippen LogP contribution in [0.1, 0.15) is 40.2 Å². The van der Waals surface area contributed by atoms with Crippen molar-refractivity contribution in [1.82, 2.24) is 9.78 Å². The van der Waals surface area contributed by atoms with E-state index in [-0.39, 0.29) is 12.0 Å². The maximum Gasteiger partial charge on any atom is 0.255 e. The van der Waals surface area contributed by atoms with Crippen LogP contribution < -0.4 is 10.1 Å². The van der Waals surface area contributed by atoms with Crippen LogP contribution in [0.5, 0.6) is 5.75 Å². The van der Waals surface area contributed by atoms with Crippen LogP contribution >= 0.6 is 0 Å². The number of anilines is 1. The van der Waals surface area contributed by atoms with Crippen molar-refractivity contribution >= 4 is 11.6 Å². The maximum atomic E-state index is 12.7. The van der Waals surface area contributed by atoms with Gasteiger partial charge in [-0.15, -0.1) is 0 Å². The lowest BCUT2D eigenvalue weighted by Crippen LogP contribution is -2.18. The van der Waals surface area contributed by atoms with Gasteiger partial charge < -0.3 is 14.8 Å². The lowest BCUT2D eigenvalue weighted by atomic mass is 10.1. The van der Waals surface area contributed by atoms with Crippen LogP contribution in [0.2, 0.25) is 0 Å². The molecule has 6 nitrogen and oxygen atoms in total. The van der Waals surface area contributed by atoms with Crippen LogP contribution in [-0.2, 0) is 11.3 Å². The molecule has 1 aromatic heterocycles. The van der Waals surface area contributed by atoms with E-state index >= 15 is 0 Å². The van der Waals surface area contributed by atoms with E-state index in [1.807, 2.05) is 67.1 Å². The van der Waals surface area contributed by atoms with Crippen molar-refractivity contribution in [2.75, 3.05) is 18.5 Å². The van der Waals surface area contributed by atoms with Gasteiger partial charge >= 0.3 is 0 Å². The third-order valence-corrected chi connectivity index (χ3v) is 5.24. The van der Waals surface area contributed by atoms with Crippen molar-refractivity contribution in [3.63, 3.8) is 0 Å². The molecule has 30 heavy (non-hydrogen) atoms. The molecule has 1 atom stereocenters. The summed E-state index contributed by atoms with van der Waals surface area (Å²) in [6.07, 6.45) is 2.21. The molecule has 0 bridgehead atoms. The van der Waals surface area contributed by atoms with E-state index in [0.29, 0.717) is 30.2 Å². The van der Waals surface area contributed by atoms with Gasteiger partial charge in [-0.3, -0.25) is 9.48 Å². The first-order valence-corrected chi connectivity index (χ1v) is 10.3. The zero-order valence-corrected chi connectivity index (χ0v) is 17.4. The molecule has 1 fully saturated rings. The average molecular weight is 405 g/mol. The molecule has 0 radical (unpaired) electrons. The van der Waals surface area contributed by atoms with Gasteiger partial charge in [0.15, 0.2) is 0 Å². The number of nitrogens with one attached hydrogen (secondary N) is 1. The fourth-order valence-corrected chi connectivity index (χ4v) is 3.62. The van der Waals surface area contributed by atoms with E-state index in [0.717, 1.165) is 36.4 Å². The Morgan fingerprint density at radius 3 is 2.70 bits per heavy atom. The van der Waals surface area contributed by atoms with Crippen molar-refractivity contribution in [2.24, 2.45) is 0 Å². The molecule has 3 aromatic rings. The van der Waals surface area contributed by atoms with E-state index in [2.05, 4.69) is 16.5 Å². The number of rotatable bonds is 7. The van der Waals surface area contributed by atoms with E-state index < -0.39 is 0 Å². The number of amides is 1. The quantitative estimate of drug-likeness (QED) is 0.634. The van der Waals surface area contributed by atoms with E-state index in [4.69, 9.17) is 9.47 Å². The number of ether oxygens (including phenoxy) is 2. The Hall–Kier alpha value is -3.12. The first-order valence-electron chi connectivity index (χ1n) is 10.3. The Bertz CT molecular complexity index is 1000. The van der Waals surface area contributed by atoms with Gasteiger partial charge in [0.1, 0.15) is 12.4 Å². The molecule has 0 aliphatic carbocycles. The van der Waals surface area contributed by atoms with Crippen molar-refractivity contribution < 1.29 is 14.3 Å². The van der Waals surface area contributed by atoms with Crippen LogP contribution in [0.15, 0.2) is 54.6 Å². The number of carbonyl (C=O) groups is 1. The number of carbonyl (C=O) groups excluding carboxylic acids is 1. The van der Waals surface area contributed by atoms with Crippen LogP contribution in [0, 0.1) is 13.8 Å². The van der Waals surface area contributed by atoms with Crippen LogP contribution in [-0.4, -0.2) is 35.0 Å². The first kappa shape index (κ1) is 20.2. The summed E-state index contributed by atoms with van der Waals surface area (Å²) in [6.45, 7) is 6.00. The molecule has 1 N–H and O–H groups in total. The van der Waals surface area contributed by atoms with Crippen LogP contribution in [0.3, 0.4) is 0 Å². The SMILES string of the molecule is Cc1cc(C)n(Cc2ccc(C(=O)Nc3ccccc3OCC3CCCO3)cc2)n1. The molecule has 0 saturated carbocycles. The summed E-state index contributed by atoms with van der Waals surface area (Å²) in [7, 11) is 0. The number of aromatic nitrogens is 2. The van der Waals surface area contributed by atoms with Crippen molar-refractivity contribution in [3.05, 3.63) is 77.1 Å². The normalized spacial score (nSPS) is 15.9. The highest BCUT2D eigenvalue weighted by Crippen LogP contribution is 2.25. The van der Waals surface area contributed by atoms with Gasteiger partial charge in [0, 0.05) is 17.9 Å². The molecule has 2 aromatic carbocycles. The summed E-state index contributed by atoms with van der Waals surface area (Å²) in [5.41, 5.74) is 4.48. The van der Waals surface area contributed by atoms with Gasteiger partial charge in [-0.1, -0.05) is 24.3 Å². The van der Waals surface area contributed by atoms with Gasteiger partial charge in [-0.2, -0.15) is 5.10 Å². The minimum absolute atomic E-state index is 0.128. The molecule has 4 rings (SSSR count). The zero-order valence-electron chi connectivity index (χ0n) is 17.4. The van der Waals surface area contributed by atoms with Gasteiger partial charge in [0.05, 0.1) is 24.0 Å². The first-order chi connectivity index (χ1) is 14.6. The molecular formula is C24H27N3O3. The summed E-state index contributed by atoms with van der Waals surface area (Å²) >= 11 is 0. The molecule has 1 saturated heterocycles. The molecular weight excluding hydrogens is 378 g/mol. The number of hydrogen-bond acceptors (Lipinski definition) is 4. The van der Waals surface area contributed by atoms with Gasteiger partial charge in [-0.25, -0.2) is 0 Å². The molecule has 156 valence electrons. The van der Waals surface area contributed by atoms with Gasteiger partial charge in [0.2, 0.25) is 0 Å². The third kappa shape index (κ3) is 4.89. The average Bonchev–Trinajstić information content (AvgIpc) is 3.37. The second kappa shape index (κ2) is 9.13. The molecule has 1 amide bonds. The Labute approximate surface area is 176 Å². The summed E-state index contributed by atoms with van der Waals surface area (Å²) in [5.74, 6) is 0.489. The van der Waals surface area contributed by atoms with Crippen molar-refractivity contribution in [3.8, 4) is 5.75 Å². The fraction of sp³-hybridized carbons (Fsp3) is 0.333. The summed E-state index contributed by atoms with van der Waals surface area (Å²) in [5, 5.41) is 7.45. The summed E-state index contributed by atoms with van der Waals surface area (Å²) < 4.78 is 13.5. The van der Waals surface area contributed by atoms with E-state index in [1.165, 1.54) is 0 Å². The highest BCUT2D eigenvalue weighted by molar-refractivity contribution is 6.05. The van der Waals surface area contributed by atoms with E-state index in [9.17, 15) is 4.79 Å². The Balaban J connectivity index is 1.39. The summed E-state index contributed by atoms with van der Waals surface area (Å²) in [6, 6.07) is 17.2. The number of nitrogens with zero attached hydrogens (tertiary/aromatic N) is 2. The van der Waals surface area contributed by atoms with E-state index in [1.54, 1.807) is 0 Å². The zero-order chi connectivity index (χ0) is 20.9. The van der Waals surface area contributed by atoms with Gasteiger partial charge in [0.25, 0.3) is 5.91 Å².